The molecule has 0 radical (unpaired) electrons. The Morgan fingerprint density at radius 3 is 2.67 bits per heavy atom. The Morgan fingerprint density at radius 2 is 2.11 bits per heavy atom. The normalized spacial score (nSPS) is 19.2. The first-order valence-electron chi connectivity index (χ1n) is 6.33. The quantitative estimate of drug-likeness (QED) is 0.379. The lowest BCUT2D eigenvalue weighted by Crippen LogP contribution is -2.34. The third-order valence-corrected chi connectivity index (χ3v) is 2.84. The van der Waals surface area contributed by atoms with Crippen molar-refractivity contribution in [3.63, 3.8) is 0 Å². The topological polar surface area (TPSA) is 44.8 Å². The summed E-state index contributed by atoms with van der Waals surface area (Å²) < 4.78 is 16.3. The van der Waals surface area contributed by atoms with Gasteiger partial charge in [0.05, 0.1) is 19.6 Å². The van der Waals surface area contributed by atoms with Gasteiger partial charge in [0.25, 0.3) is 0 Å². The molecule has 0 aromatic carbocycles. The summed E-state index contributed by atoms with van der Waals surface area (Å²) in [5.41, 5.74) is 0. The summed E-state index contributed by atoms with van der Waals surface area (Å²) in [6.07, 6.45) is 5.71. The van der Waals surface area contributed by atoms with Gasteiger partial charge in [-0.25, -0.2) is 0 Å². The largest absolute Gasteiger partial charge is 0.458 e. The fourth-order valence-corrected chi connectivity index (χ4v) is 1.86. The highest BCUT2D eigenvalue weighted by Gasteiger charge is 2.39. The molecule has 0 aliphatic carbocycles. The maximum atomic E-state index is 11.8. The van der Waals surface area contributed by atoms with Crippen molar-refractivity contribution in [3.8, 4) is 0 Å². The highest BCUT2D eigenvalue weighted by atomic mass is 16.7. The molecule has 4 heteroatoms. The molecule has 0 unspecified atom stereocenters. The van der Waals surface area contributed by atoms with E-state index in [0.717, 1.165) is 12.8 Å². The van der Waals surface area contributed by atoms with E-state index in [1.165, 1.54) is 0 Å². The molecule has 1 atom stereocenters. The van der Waals surface area contributed by atoms with Gasteiger partial charge >= 0.3 is 5.97 Å². The molecule has 1 aliphatic rings. The number of esters is 1. The molecule has 1 heterocycles. The highest BCUT2D eigenvalue weighted by molar-refractivity contribution is 5.70. The Balaban J connectivity index is 2.48. The number of allylic oxidation sites excluding steroid dienone is 1. The Kier molecular flexibility index (Phi) is 6.09. The zero-order valence-corrected chi connectivity index (χ0v) is 11.0. The lowest BCUT2D eigenvalue weighted by atomic mass is 10.1. The van der Waals surface area contributed by atoms with E-state index in [0.29, 0.717) is 19.6 Å². The number of ether oxygens (including phenoxy) is 3. The van der Waals surface area contributed by atoms with Crippen molar-refractivity contribution in [2.24, 2.45) is 0 Å². The monoisotopic (exact) mass is 254 g/mol. The minimum Gasteiger partial charge on any atom is -0.458 e. The van der Waals surface area contributed by atoms with Gasteiger partial charge in [0, 0.05) is 6.42 Å². The summed E-state index contributed by atoms with van der Waals surface area (Å²) in [5, 5.41) is 0. The number of hydrogen-bond acceptors (Lipinski definition) is 4. The van der Waals surface area contributed by atoms with Gasteiger partial charge in [-0.15, -0.1) is 6.58 Å². The maximum Gasteiger partial charge on any atom is 0.311 e. The molecular formula is C14H22O4. The van der Waals surface area contributed by atoms with E-state index in [1.807, 2.05) is 6.08 Å². The van der Waals surface area contributed by atoms with Crippen LogP contribution < -0.4 is 0 Å². The van der Waals surface area contributed by atoms with Crippen LogP contribution in [0.3, 0.4) is 0 Å². The number of unbranched alkanes of at least 4 members (excludes halogenated alkanes) is 1. The summed E-state index contributed by atoms with van der Waals surface area (Å²) in [4.78, 5) is 11.8. The summed E-state index contributed by atoms with van der Waals surface area (Å²) in [5.74, 6) is -1.12. The Labute approximate surface area is 109 Å². The number of carbonyl (C=O) groups excluding carboxylic acids is 1. The average molecular weight is 254 g/mol. The van der Waals surface area contributed by atoms with Crippen LogP contribution in [0.15, 0.2) is 25.3 Å². The minimum atomic E-state index is -0.805. The van der Waals surface area contributed by atoms with Crippen LogP contribution in [-0.2, 0) is 19.0 Å². The van der Waals surface area contributed by atoms with E-state index in [1.54, 1.807) is 13.0 Å². The Bertz CT molecular complexity index is 292. The number of hydrogen-bond donors (Lipinski definition) is 0. The van der Waals surface area contributed by atoms with Crippen LogP contribution in [-0.4, -0.2) is 31.1 Å². The predicted molar refractivity (Wildman–Crippen MR) is 69.1 cm³/mol. The van der Waals surface area contributed by atoms with Crippen molar-refractivity contribution < 1.29 is 19.0 Å². The van der Waals surface area contributed by atoms with Crippen LogP contribution in [0.5, 0.6) is 0 Å². The van der Waals surface area contributed by atoms with Gasteiger partial charge in [0.1, 0.15) is 6.10 Å². The summed E-state index contributed by atoms with van der Waals surface area (Å²) in [7, 11) is 0. The lowest BCUT2D eigenvalue weighted by molar-refractivity contribution is -0.187. The number of rotatable bonds is 8. The first kappa shape index (κ1) is 14.9. The molecular weight excluding hydrogens is 232 g/mol. The van der Waals surface area contributed by atoms with E-state index in [4.69, 9.17) is 14.2 Å². The molecule has 4 nitrogen and oxygen atoms in total. The molecule has 1 aliphatic heterocycles. The van der Waals surface area contributed by atoms with Gasteiger partial charge in [-0.3, -0.25) is 4.79 Å². The van der Waals surface area contributed by atoms with E-state index < -0.39 is 5.79 Å². The van der Waals surface area contributed by atoms with Crippen molar-refractivity contribution in [1.29, 1.82) is 0 Å². The van der Waals surface area contributed by atoms with Crippen LogP contribution in [0.1, 0.15) is 32.6 Å². The van der Waals surface area contributed by atoms with Crippen molar-refractivity contribution >= 4 is 5.97 Å². The Morgan fingerprint density at radius 1 is 1.44 bits per heavy atom. The highest BCUT2D eigenvalue weighted by Crippen LogP contribution is 2.30. The van der Waals surface area contributed by atoms with Gasteiger partial charge in [-0.05, 0) is 19.8 Å². The van der Waals surface area contributed by atoms with Crippen molar-refractivity contribution in [1.82, 2.24) is 0 Å². The summed E-state index contributed by atoms with van der Waals surface area (Å²) in [6.45, 7) is 10.1. The van der Waals surface area contributed by atoms with Crippen molar-refractivity contribution in [2.45, 2.75) is 44.5 Å². The van der Waals surface area contributed by atoms with Crippen molar-refractivity contribution in [2.75, 3.05) is 13.2 Å². The minimum absolute atomic E-state index is 0.127. The zero-order chi connectivity index (χ0) is 13.4. The third-order valence-electron chi connectivity index (χ3n) is 2.84. The van der Waals surface area contributed by atoms with Crippen LogP contribution >= 0.6 is 0 Å². The van der Waals surface area contributed by atoms with E-state index in [9.17, 15) is 4.79 Å². The molecule has 0 spiro atoms. The molecule has 18 heavy (non-hydrogen) atoms. The first-order valence-corrected chi connectivity index (χ1v) is 6.33. The second kappa shape index (κ2) is 7.34. The summed E-state index contributed by atoms with van der Waals surface area (Å²) >= 11 is 0. The van der Waals surface area contributed by atoms with Crippen LogP contribution in [0.4, 0.5) is 0 Å². The standard InChI is InChI=1S/C14H22O4/c1-4-6-7-8-14(16-9-10-17-14)11-13(15)18-12(3)5-2/h4-5,12H,1-2,6-11H2,3H3/t12-/m1/s1. The molecule has 0 bridgehead atoms. The second-order valence-corrected chi connectivity index (χ2v) is 4.40. The molecule has 1 saturated heterocycles. The Hall–Kier alpha value is -1.13. The molecule has 102 valence electrons. The predicted octanol–water partition coefficient (Wildman–Crippen LogP) is 2.59. The maximum absolute atomic E-state index is 11.8. The molecule has 1 rings (SSSR count). The van der Waals surface area contributed by atoms with Crippen molar-refractivity contribution in [3.05, 3.63) is 25.3 Å². The van der Waals surface area contributed by atoms with Crippen LogP contribution in [0.25, 0.3) is 0 Å². The fraction of sp³-hybridized carbons (Fsp3) is 0.643. The SMILES string of the molecule is C=CCCCC1(CC(=O)O[C@H](C)C=C)OCCO1. The summed E-state index contributed by atoms with van der Waals surface area (Å²) in [6, 6.07) is 0. The molecule has 0 aromatic rings. The van der Waals surface area contributed by atoms with Gasteiger partial charge in [0.15, 0.2) is 5.79 Å². The number of carbonyl (C=O) groups is 1. The molecule has 1 fully saturated rings. The van der Waals surface area contributed by atoms with Crippen LogP contribution in [0.2, 0.25) is 0 Å². The molecule has 0 amide bonds. The fourth-order valence-electron chi connectivity index (χ4n) is 1.86. The van der Waals surface area contributed by atoms with E-state index in [2.05, 4.69) is 13.2 Å². The van der Waals surface area contributed by atoms with Crippen LogP contribution in [0, 0.1) is 0 Å². The molecule has 0 saturated carbocycles. The molecule has 0 N–H and O–H groups in total. The smallest absolute Gasteiger partial charge is 0.311 e. The molecule has 0 aromatic heterocycles. The van der Waals surface area contributed by atoms with Gasteiger partial charge in [-0.2, -0.15) is 0 Å². The van der Waals surface area contributed by atoms with E-state index in [-0.39, 0.29) is 18.5 Å². The van der Waals surface area contributed by atoms with Gasteiger partial charge in [-0.1, -0.05) is 18.7 Å². The second-order valence-electron chi connectivity index (χ2n) is 4.40. The average Bonchev–Trinajstić information content (AvgIpc) is 2.77. The van der Waals surface area contributed by atoms with Gasteiger partial charge in [0.2, 0.25) is 0 Å². The zero-order valence-electron chi connectivity index (χ0n) is 11.0. The third kappa shape index (κ3) is 4.63. The van der Waals surface area contributed by atoms with E-state index >= 15 is 0 Å². The van der Waals surface area contributed by atoms with Gasteiger partial charge < -0.3 is 14.2 Å². The lowest BCUT2D eigenvalue weighted by Gasteiger charge is -2.26. The first-order chi connectivity index (χ1) is 8.62.